The Morgan fingerprint density at radius 2 is 1.91 bits per heavy atom. The molecule has 0 aliphatic carbocycles. The summed E-state index contributed by atoms with van der Waals surface area (Å²) in [5.74, 6) is -0.429. The van der Waals surface area contributed by atoms with Gasteiger partial charge in [-0.3, -0.25) is 9.59 Å². The Morgan fingerprint density at radius 3 is 2.57 bits per heavy atom. The van der Waals surface area contributed by atoms with E-state index in [0.717, 1.165) is 6.42 Å². The van der Waals surface area contributed by atoms with Crippen LogP contribution in [0.4, 0.5) is 5.69 Å². The largest absolute Gasteiger partial charge is 0.456 e. The molecule has 0 bridgehead atoms. The van der Waals surface area contributed by atoms with Gasteiger partial charge < -0.3 is 20.0 Å². The fraction of sp³-hybridized carbons (Fsp3) is 0.400. The van der Waals surface area contributed by atoms with Gasteiger partial charge in [-0.2, -0.15) is 0 Å². The summed E-state index contributed by atoms with van der Waals surface area (Å²) >= 11 is 3.32. The van der Waals surface area contributed by atoms with Crippen molar-refractivity contribution in [3.63, 3.8) is 0 Å². The Bertz CT molecular complexity index is 779. The molecule has 7 nitrogen and oxygen atoms in total. The lowest BCUT2D eigenvalue weighted by atomic mass is 10.1. The van der Waals surface area contributed by atoms with Gasteiger partial charge in [0.2, 0.25) is 0 Å². The van der Waals surface area contributed by atoms with E-state index in [4.69, 9.17) is 4.74 Å². The van der Waals surface area contributed by atoms with Crippen molar-refractivity contribution in [1.82, 2.24) is 9.97 Å². The molecule has 0 saturated carbocycles. The molecule has 23 heavy (non-hydrogen) atoms. The number of ether oxygens (including phenoxy) is 1. The minimum atomic E-state index is -0.444. The molecule has 1 aromatic carbocycles. The summed E-state index contributed by atoms with van der Waals surface area (Å²) in [7, 11) is 0. The number of benzene rings is 1. The van der Waals surface area contributed by atoms with Gasteiger partial charge in [0.05, 0.1) is 16.7 Å². The van der Waals surface area contributed by atoms with Gasteiger partial charge in [-0.05, 0) is 40.4 Å². The highest BCUT2D eigenvalue weighted by atomic mass is 79.9. The van der Waals surface area contributed by atoms with E-state index in [9.17, 15) is 14.4 Å². The Hall–Kier alpha value is -2.09. The van der Waals surface area contributed by atoms with Crippen LogP contribution in [0.5, 0.6) is 0 Å². The molecule has 2 rings (SSSR count). The van der Waals surface area contributed by atoms with Crippen LogP contribution < -0.4 is 11.0 Å². The predicted octanol–water partition coefficient (Wildman–Crippen LogP) is 2.54. The van der Waals surface area contributed by atoms with Crippen LogP contribution in [0, 0.1) is 5.92 Å². The number of esters is 1. The maximum Gasteiger partial charge on any atom is 0.323 e. The number of rotatable bonds is 6. The number of nitrogens with one attached hydrogen (secondary N) is 3. The van der Waals surface area contributed by atoms with Crippen LogP contribution in [0.2, 0.25) is 0 Å². The molecule has 124 valence electrons. The Morgan fingerprint density at radius 1 is 1.26 bits per heavy atom. The van der Waals surface area contributed by atoms with Crippen LogP contribution in [0.15, 0.2) is 21.4 Å². The van der Waals surface area contributed by atoms with Gasteiger partial charge in [0.1, 0.15) is 0 Å². The third-order valence-electron chi connectivity index (χ3n) is 3.17. The van der Waals surface area contributed by atoms with Gasteiger partial charge in [0.15, 0.2) is 6.61 Å². The van der Waals surface area contributed by atoms with Crippen molar-refractivity contribution in [1.29, 1.82) is 0 Å². The normalized spacial score (nSPS) is 11.0. The number of amides is 1. The second-order valence-electron chi connectivity index (χ2n) is 5.60. The molecule has 0 saturated heterocycles. The average molecular weight is 384 g/mol. The van der Waals surface area contributed by atoms with Crippen molar-refractivity contribution in [2.24, 2.45) is 5.92 Å². The first-order valence-corrected chi connectivity index (χ1v) is 8.01. The van der Waals surface area contributed by atoms with Crippen LogP contribution in [0.3, 0.4) is 0 Å². The molecule has 0 aliphatic heterocycles. The number of carbonyl (C=O) groups is 2. The Balaban J connectivity index is 1.93. The number of aromatic amines is 2. The molecule has 0 fully saturated rings. The lowest BCUT2D eigenvalue weighted by Gasteiger charge is -2.09. The van der Waals surface area contributed by atoms with E-state index in [1.165, 1.54) is 0 Å². The van der Waals surface area contributed by atoms with Crippen molar-refractivity contribution < 1.29 is 14.3 Å². The van der Waals surface area contributed by atoms with E-state index in [0.29, 0.717) is 33.5 Å². The lowest BCUT2D eigenvalue weighted by Crippen LogP contribution is -2.21. The Labute approximate surface area is 140 Å². The fourth-order valence-electron chi connectivity index (χ4n) is 1.96. The van der Waals surface area contributed by atoms with Crippen LogP contribution in [0.25, 0.3) is 11.0 Å². The fourth-order valence-corrected chi connectivity index (χ4v) is 2.41. The summed E-state index contributed by atoms with van der Waals surface area (Å²) in [6, 6.07) is 3.30. The number of anilines is 1. The lowest BCUT2D eigenvalue weighted by molar-refractivity contribution is -0.147. The zero-order valence-corrected chi connectivity index (χ0v) is 14.5. The standard InChI is InChI=1S/C15H18BrN3O4/c1-8(2)3-4-14(21)23-7-13(20)17-10-6-12-11(5-9(10)16)18-15(22)19-12/h5-6,8H,3-4,7H2,1-2H3,(H,17,20)(H2,18,19,22). The molecule has 1 heterocycles. The van der Waals surface area contributed by atoms with Crippen LogP contribution in [0.1, 0.15) is 26.7 Å². The van der Waals surface area contributed by atoms with Crippen LogP contribution in [-0.4, -0.2) is 28.5 Å². The van der Waals surface area contributed by atoms with Gasteiger partial charge in [-0.1, -0.05) is 13.8 Å². The molecule has 0 atom stereocenters. The SMILES string of the molecule is CC(C)CCC(=O)OCC(=O)Nc1cc2[nH]c(=O)[nH]c2cc1Br. The number of H-pyrrole nitrogens is 2. The molecule has 8 heteroatoms. The monoisotopic (exact) mass is 383 g/mol. The number of aromatic nitrogens is 2. The van der Waals surface area contributed by atoms with Crippen LogP contribution >= 0.6 is 15.9 Å². The quantitative estimate of drug-likeness (QED) is 0.666. The molecule has 1 amide bonds. The van der Waals surface area contributed by atoms with E-state index in [1.54, 1.807) is 12.1 Å². The maximum atomic E-state index is 11.9. The van der Waals surface area contributed by atoms with Crippen molar-refractivity contribution in [2.45, 2.75) is 26.7 Å². The topological polar surface area (TPSA) is 104 Å². The van der Waals surface area contributed by atoms with E-state index in [-0.39, 0.29) is 12.3 Å². The highest BCUT2D eigenvalue weighted by molar-refractivity contribution is 9.10. The summed E-state index contributed by atoms with van der Waals surface area (Å²) in [6.07, 6.45) is 1.02. The van der Waals surface area contributed by atoms with Crippen molar-refractivity contribution in [3.05, 3.63) is 27.1 Å². The zero-order chi connectivity index (χ0) is 17.0. The molecule has 0 spiro atoms. The third kappa shape index (κ3) is 4.95. The first-order chi connectivity index (χ1) is 10.8. The third-order valence-corrected chi connectivity index (χ3v) is 3.82. The molecular weight excluding hydrogens is 366 g/mol. The summed E-state index contributed by atoms with van der Waals surface area (Å²) in [5, 5.41) is 2.63. The van der Waals surface area contributed by atoms with Gasteiger partial charge >= 0.3 is 11.7 Å². The van der Waals surface area contributed by atoms with Crippen molar-refractivity contribution in [2.75, 3.05) is 11.9 Å². The molecule has 0 aliphatic rings. The first kappa shape index (κ1) is 17.3. The van der Waals surface area contributed by atoms with Crippen molar-refractivity contribution in [3.8, 4) is 0 Å². The highest BCUT2D eigenvalue weighted by Crippen LogP contribution is 2.26. The maximum absolute atomic E-state index is 11.9. The van der Waals surface area contributed by atoms with E-state index in [1.807, 2.05) is 13.8 Å². The molecular formula is C15H18BrN3O4. The van der Waals surface area contributed by atoms with E-state index in [2.05, 4.69) is 31.2 Å². The number of imidazole rings is 1. The van der Waals surface area contributed by atoms with E-state index < -0.39 is 11.9 Å². The number of halogens is 1. The molecule has 0 radical (unpaired) electrons. The molecule has 1 aromatic heterocycles. The molecule has 0 unspecified atom stereocenters. The van der Waals surface area contributed by atoms with Gasteiger partial charge in [0, 0.05) is 10.9 Å². The van der Waals surface area contributed by atoms with Crippen LogP contribution in [-0.2, 0) is 14.3 Å². The number of hydrogen-bond donors (Lipinski definition) is 3. The minimum Gasteiger partial charge on any atom is -0.456 e. The van der Waals surface area contributed by atoms with Gasteiger partial charge in [-0.25, -0.2) is 4.79 Å². The highest BCUT2D eigenvalue weighted by Gasteiger charge is 2.11. The molecule has 3 N–H and O–H groups in total. The van der Waals surface area contributed by atoms with Crippen molar-refractivity contribution >= 4 is 44.5 Å². The smallest absolute Gasteiger partial charge is 0.323 e. The van der Waals surface area contributed by atoms with Gasteiger partial charge in [-0.15, -0.1) is 0 Å². The summed E-state index contributed by atoms with van der Waals surface area (Å²) in [5.41, 5.74) is 1.35. The Kier molecular flexibility index (Phi) is 5.59. The molecule has 2 aromatic rings. The zero-order valence-electron chi connectivity index (χ0n) is 12.9. The van der Waals surface area contributed by atoms with Gasteiger partial charge in [0.25, 0.3) is 5.91 Å². The number of carbonyl (C=O) groups excluding carboxylic acids is 2. The first-order valence-electron chi connectivity index (χ1n) is 7.22. The predicted molar refractivity (Wildman–Crippen MR) is 90.3 cm³/mol. The minimum absolute atomic E-state index is 0.297. The number of hydrogen-bond acceptors (Lipinski definition) is 4. The second kappa shape index (κ2) is 7.45. The number of fused-ring (bicyclic) bond motifs is 1. The van der Waals surface area contributed by atoms with E-state index >= 15 is 0 Å². The summed E-state index contributed by atoms with van der Waals surface area (Å²) in [4.78, 5) is 39.8. The summed E-state index contributed by atoms with van der Waals surface area (Å²) in [6.45, 7) is 3.68. The summed E-state index contributed by atoms with van der Waals surface area (Å²) < 4.78 is 5.54. The average Bonchev–Trinajstić information content (AvgIpc) is 2.82. The second-order valence-corrected chi connectivity index (χ2v) is 6.45.